The van der Waals surface area contributed by atoms with Crippen LogP contribution in [0, 0.1) is 0 Å². The smallest absolute Gasteiger partial charge is 0.317 e. The fourth-order valence-corrected chi connectivity index (χ4v) is 3.69. The largest absolute Gasteiger partial charge is 0.350 e. The zero-order valence-corrected chi connectivity index (χ0v) is 14.9. The summed E-state index contributed by atoms with van der Waals surface area (Å²) in [4.78, 5) is 25.3. The molecule has 1 saturated heterocycles. The highest BCUT2D eigenvalue weighted by molar-refractivity contribution is 5.74. The highest BCUT2D eigenvalue weighted by atomic mass is 16.2. The third-order valence-electron chi connectivity index (χ3n) is 5.20. The summed E-state index contributed by atoms with van der Waals surface area (Å²) in [6.45, 7) is 2.16. The maximum absolute atomic E-state index is 12.4. The molecule has 2 heterocycles. The summed E-state index contributed by atoms with van der Waals surface area (Å²) in [6, 6.07) is 13.1. The van der Waals surface area contributed by atoms with Gasteiger partial charge in [0, 0.05) is 37.9 Å². The van der Waals surface area contributed by atoms with E-state index >= 15 is 0 Å². The number of amides is 2. The molecule has 2 aromatic rings. The van der Waals surface area contributed by atoms with Gasteiger partial charge in [-0.1, -0.05) is 30.3 Å². The van der Waals surface area contributed by atoms with Gasteiger partial charge < -0.3 is 15.1 Å². The summed E-state index contributed by atoms with van der Waals surface area (Å²) in [5, 5.41) is 3.03. The van der Waals surface area contributed by atoms with Crippen LogP contribution in [0.25, 0.3) is 0 Å². The lowest BCUT2D eigenvalue weighted by Crippen LogP contribution is -2.50. The molecule has 1 N–H and O–H groups in total. The predicted octanol–water partition coefficient (Wildman–Crippen LogP) is 2.82. The first-order valence-electron chi connectivity index (χ1n) is 9.42. The van der Waals surface area contributed by atoms with Crippen molar-refractivity contribution in [3.63, 3.8) is 0 Å². The SMILES string of the molecule is O=C(NCc1ccccc1)N1CCC(N(c2ccncn2)C2CC2)CC1. The Morgan fingerprint density at radius 3 is 2.46 bits per heavy atom. The Bertz CT molecular complexity index is 711. The van der Waals surface area contributed by atoms with Gasteiger partial charge in [-0.3, -0.25) is 0 Å². The van der Waals surface area contributed by atoms with Gasteiger partial charge in [0.15, 0.2) is 0 Å². The molecular weight excluding hydrogens is 326 g/mol. The Kier molecular flexibility index (Phi) is 5.00. The lowest BCUT2D eigenvalue weighted by molar-refractivity contribution is 0.179. The Hall–Kier alpha value is -2.63. The van der Waals surface area contributed by atoms with E-state index in [2.05, 4.69) is 20.2 Å². The van der Waals surface area contributed by atoms with Crippen molar-refractivity contribution in [2.75, 3.05) is 18.0 Å². The molecule has 2 aliphatic rings. The molecular formula is C20H25N5O. The normalized spacial score (nSPS) is 17.8. The van der Waals surface area contributed by atoms with Crippen molar-refractivity contribution < 1.29 is 4.79 Å². The summed E-state index contributed by atoms with van der Waals surface area (Å²) in [5.41, 5.74) is 1.12. The molecule has 0 bridgehead atoms. The predicted molar refractivity (Wildman–Crippen MR) is 101 cm³/mol. The lowest BCUT2D eigenvalue weighted by atomic mass is 10.0. The van der Waals surface area contributed by atoms with E-state index in [4.69, 9.17) is 0 Å². The van der Waals surface area contributed by atoms with Gasteiger partial charge in [0.1, 0.15) is 12.1 Å². The van der Waals surface area contributed by atoms with Gasteiger partial charge in [0.05, 0.1) is 0 Å². The number of hydrogen-bond donors (Lipinski definition) is 1. The third kappa shape index (κ3) is 3.95. The van der Waals surface area contributed by atoms with Crippen molar-refractivity contribution >= 4 is 11.8 Å². The van der Waals surface area contributed by atoms with Gasteiger partial charge in [0.2, 0.25) is 0 Å². The molecule has 6 heteroatoms. The van der Waals surface area contributed by atoms with E-state index in [9.17, 15) is 4.79 Å². The van der Waals surface area contributed by atoms with Crippen LogP contribution in [0.1, 0.15) is 31.2 Å². The van der Waals surface area contributed by atoms with Crippen LogP contribution in [0.15, 0.2) is 48.9 Å². The number of urea groups is 1. The number of aromatic nitrogens is 2. The number of carbonyl (C=O) groups excluding carboxylic acids is 1. The van der Waals surface area contributed by atoms with Gasteiger partial charge in [-0.15, -0.1) is 0 Å². The zero-order chi connectivity index (χ0) is 17.8. The van der Waals surface area contributed by atoms with Gasteiger partial charge in [0.25, 0.3) is 0 Å². The van der Waals surface area contributed by atoms with E-state index in [0.717, 1.165) is 37.3 Å². The van der Waals surface area contributed by atoms with Crippen LogP contribution >= 0.6 is 0 Å². The highest BCUT2D eigenvalue weighted by Crippen LogP contribution is 2.34. The van der Waals surface area contributed by atoms with E-state index < -0.39 is 0 Å². The summed E-state index contributed by atoms with van der Waals surface area (Å²) < 4.78 is 0. The first-order chi connectivity index (χ1) is 12.8. The topological polar surface area (TPSA) is 61.4 Å². The molecule has 4 rings (SSSR count). The van der Waals surface area contributed by atoms with Crippen molar-refractivity contribution in [2.45, 2.75) is 44.3 Å². The van der Waals surface area contributed by atoms with E-state index in [1.807, 2.05) is 47.5 Å². The first-order valence-corrected chi connectivity index (χ1v) is 9.42. The molecule has 1 saturated carbocycles. The number of carbonyl (C=O) groups is 1. The number of likely N-dealkylation sites (tertiary alicyclic amines) is 1. The van der Waals surface area contributed by atoms with Crippen LogP contribution in [-0.2, 0) is 6.54 Å². The van der Waals surface area contributed by atoms with Crippen LogP contribution in [0.2, 0.25) is 0 Å². The summed E-state index contributed by atoms with van der Waals surface area (Å²) >= 11 is 0. The van der Waals surface area contributed by atoms with Crippen molar-refractivity contribution in [1.29, 1.82) is 0 Å². The second-order valence-electron chi connectivity index (χ2n) is 7.07. The molecule has 1 aliphatic heterocycles. The Balaban J connectivity index is 1.31. The monoisotopic (exact) mass is 351 g/mol. The van der Waals surface area contributed by atoms with Gasteiger partial charge in [-0.25, -0.2) is 14.8 Å². The van der Waals surface area contributed by atoms with E-state index in [1.54, 1.807) is 6.33 Å². The number of anilines is 1. The Labute approximate surface area is 154 Å². The molecule has 136 valence electrons. The van der Waals surface area contributed by atoms with Crippen LogP contribution in [0.5, 0.6) is 0 Å². The number of piperidine rings is 1. The second kappa shape index (κ2) is 7.72. The summed E-state index contributed by atoms with van der Waals surface area (Å²) in [7, 11) is 0. The van der Waals surface area contributed by atoms with E-state index in [1.165, 1.54) is 12.8 Å². The Morgan fingerprint density at radius 2 is 1.81 bits per heavy atom. The minimum absolute atomic E-state index is 0.0345. The molecule has 1 aromatic heterocycles. The molecule has 2 fully saturated rings. The summed E-state index contributed by atoms with van der Waals surface area (Å²) in [6.07, 6.45) is 7.88. The maximum Gasteiger partial charge on any atom is 0.317 e. The minimum atomic E-state index is 0.0345. The van der Waals surface area contributed by atoms with Crippen molar-refractivity contribution in [3.05, 3.63) is 54.5 Å². The average molecular weight is 351 g/mol. The minimum Gasteiger partial charge on any atom is -0.350 e. The number of benzene rings is 1. The van der Waals surface area contributed by atoms with Gasteiger partial charge in [-0.2, -0.15) is 0 Å². The molecule has 0 radical (unpaired) electrons. The highest BCUT2D eigenvalue weighted by Gasteiger charge is 2.36. The van der Waals surface area contributed by atoms with E-state index in [0.29, 0.717) is 18.6 Å². The molecule has 2 amide bonds. The van der Waals surface area contributed by atoms with Crippen molar-refractivity contribution in [3.8, 4) is 0 Å². The molecule has 26 heavy (non-hydrogen) atoms. The fraction of sp³-hybridized carbons (Fsp3) is 0.450. The van der Waals surface area contributed by atoms with Crippen LogP contribution in [0.3, 0.4) is 0 Å². The first kappa shape index (κ1) is 16.8. The molecule has 6 nitrogen and oxygen atoms in total. The van der Waals surface area contributed by atoms with Crippen molar-refractivity contribution in [1.82, 2.24) is 20.2 Å². The molecule has 0 spiro atoms. The molecule has 0 atom stereocenters. The number of nitrogens with zero attached hydrogens (tertiary/aromatic N) is 4. The fourth-order valence-electron chi connectivity index (χ4n) is 3.69. The zero-order valence-electron chi connectivity index (χ0n) is 14.9. The standard InChI is InChI=1S/C20H25N5O/c26-20(22-14-16-4-2-1-3-5-16)24-12-9-18(10-13-24)25(17-6-7-17)19-8-11-21-15-23-19/h1-5,8,11,15,17-18H,6-7,9-10,12-14H2,(H,22,26). The number of nitrogens with one attached hydrogen (secondary N) is 1. The van der Waals surface area contributed by atoms with Crippen LogP contribution in [-0.4, -0.2) is 46.1 Å². The van der Waals surface area contributed by atoms with Crippen molar-refractivity contribution in [2.24, 2.45) is 0 Å². The number of rotatable bonds is 5. The van der Waals surface area contributed by atoms with E-state index in [-0.39, 0.29) is 6.03 Å². The van der Waals surface area contributed by atoms with Gasteiger partial charge >= 0.3 is 6.03 Å². The second-order valence-corrected chi connectivity index (χ2v) is 7.07. The van der Waals surface area contributed by atoms with Crippen LogP contribution < -0.4 is 10.2 Å². The molecule has 0 unspecified atom stereocenters. The molecule has 1 aliphatic carbocycles. The average Bonchev–Trinajstić information content (AvgIpc) is 3.53. The third-order valence-corrected chi connectivity index (χ3v) is 5.20. The quantitative estimate of drug-likeness (QED) is 0.900. The summed E-state index contributed by atoms with van der Waals surface area (Å²) in [5.74, 6) is 1.02. The number of hydrogen-bond acceptors (Lipinski definition) is 4. The maximum atomic E-state index is 12.4. The van der Waals surface area contributed by atoms with Crippen LogP contribution in [0.4, 0.5) is 10.6 Å². The lowest BCUT2D eigenvalue weighted by Gasteiger charge is -2.39. The molecule has 1 aromatic carbocycles. The van der Waals surface area contributed by atoms with Gasteiger partial charge in [-0.05, 0) is 37.3 Å². The Morgan fingerprint density at radius 1 is 1.08 bits per heavy atom.